The predicted octanol–water partition coefficient (Wildman–Crippen LogP) is 3.41. The van der Waals surface area contributed by atoms with Crippen molar-refractivity contribution < 1.29 is 4.79 Å². The maximum Gasteiger partial charge on any atom is 0.253 e. The Hall–Kier alpha value is -2.17. The van der Waals surface area contributed by atoms with E-state index in [1.165, 1.54) is 19.3 Å². The number of nitrogens with zero attached hydrogens (tertiary/aromatic N) is 4. The van der Waals surface area contributed by atoms with E-state index in [9.17, 15) is 4.79 Å². The van der Waals surface area contributed by atoms with Crippen LogP contribution >= 0.6 is 0 Å². The molecule has 1 aliphatic heterocycles. The van der Waals surface area contributed by atoms with Gasteiger partial charge in [0.05, 0.1) is 0 Å². The molecule has 1 saturated carbocycles. The summed E-state index contributed by atoms with van der Waals surface area (Å²) in [4.78, 5) is 15.1. The number of hydrogen-bond acceptors (Lipinski definition) is 3. The first-order valence-electron chi connectivity index (χ1n) is 9.36. The molecule has 25 heavy (non-hydrogen) atoms. The number of aromatic nitrogens is 3. The fourth-order valence-electron chi connectivity index (χ4n) is 4.52. The molecule has 1 amide bonds. The van der Waals surface area contributed by atoms with Crippen molar-refractivity contribution in [2.75, 3.05) is 13.1 Å². The van der Waals surface area contributed by atoms with E-state index in [1.807, 2.05) is 42.4 Å². The normalized spacial score (nSPS) is 21.5. The van der Waals surface area contributed by atoms with Crippen molar-refractivity contribution in [3.63, 3.8) is 0 Å². The van der Waals surface area contributed by atoms with Gasteiger partial charge in [-0.15, -0.1) is 10.2 Å². The van der Waals surface area contributed by atoms with Gasteiger partial charge in [-0.2, -0.15) is 0 Å². The Balaban J connectivity index is 1.61. The van der Waals surface area contributed by atoms with Crippen LogP contribution in [-0.4, -0.2) is 38.7 Å². The Morgan fingerprint density at radius 1 is 1.36 bits per heavy atom. The molecule has 1 unspecified atom stereocenters. The highest BCUT2D eigenvalue weighted by Gasteiger charge is 2.53. The van der Waals surface area contributed by atoms with Crippen molar-refractivity contribution in [1.29, 1.82) is 0 Å². The minimum atomic E-state index is 0.152. The molecular formula is C20H26N4O. The minimum Gasteiger partial charge on any atom is -0.337 e. The van der Waals surface area contributed by atoms with Crippen LogP contribution in [0.5, 0.6) is 0 Å². The van der Waals surface area contributed by atoms with Crippen LogP contribution in [0.2, 0.25) is 0 Å². The van der Waals surface area contributed by atoms with Gasteiger partial charge in [-0.3, -0.25) is 4.79 Å². The Bertz CT molecular complexity index is 778. The molecule has 5 nitrogen and oxygen atoms in total. The summed E-state index contributed by atoms with van der Waals surface area (Å²) in [6.45, 7) is 6.76. The van der Waals surface area contributed by atoms with Gasteiger partial charge in [-0.25, -0.2) is 0 Å². The van der Waals surface area contributed by atoms with Crippen molar-refractivity contribution in [3.8, 4) is 0 Å². The fraction of sp³-hybridized carbons (Fsp3) is 0.550. The second-order valence-electron chi connectivity index (χ2n) is 7.71. The summed E-state index contributed by atoms with van der Waals surface area (Å²) in [6, 6.07) is 7.91. The van der Waals surface area contributed by atoms with Crippen molar-refractivity contribution in [3.05, 3.63) is 47.5 Å². The smallest absolute Gasteiger partial charge is 0.253 e. The Kier molecular flexibility index (Phi) is 4.10. The molecule has 0 radical (unpaired) electrons. The molecule has 2 aliphatic rings. The number of carbonyl (C=O) groups excluding carboxylic acids is 1. The van der Waals surface area contributed by atoms with E-state index in [0.29, 0.717) is 5.92 Å². The second-order valence-corrected chi connectivity index (χ2v) is 7.71. The zero-order valence-corrected chi connectivity index (χ0v) is 15.1. The first kappa shape index (κ1) is 16.3. The second kappa shape index (κ2) is 6.28. The maximum absolute atomic E-state index is 13.0. The van der Waals surface area contributed by atoms with Gasteiger partial charge < -0.3 is 9.47 Å². The van der Waals surface area contributed by atoms with Crippen LogP contribution < -0.4 is 0 Å². The fourth-order valence-corrected chi connectivity index (χ4v) is 4.52. The van der Waals surface area contributed by atoms with Gasteiger partial charge in [0.25, 0.3) is 5.91 Å². The van der Waals surface area contributed by atoms with Crippen molar-refractivity contribution >= 4 is 5.91 Å². The third-order valence-electron chi connectivity index (χ3n) is 5.97. The van der Waals surface area contributed by atoms with E-state index in [-0.39, 0.29) is 11.3 Å². The van der Waals surface area contributed by atoms with Gasteiger partial charge in [0.15, 0.2) is 0 Å². The van der Waals surface area contributed by atoms with E-state index in [0.717, 1.165) is 43.0 Å². The highest BCUT2D eigenvalue weighted by atomic mass is 16.2. The molecule has 2 heterocycles. The topological polar surface area (TPSA) is 51.0 Å². The Labute approximate surface area is 149 Å². The van der Waals surface area contributed by atoms with Crippen LogP contribution in [0, 0.1) is 12.3 Å². The lowest BCUT2D eigenvalue weighted by Crippen LogP contribution is -2.38. The standard InChI is InChI=1S/C20H26N4O/c1-3-10-23-14-21-22-18(23)17-12-24(13-20(17)8-5-9-20)19(25)16-7-4-6-15(2)11-16/h4,6-7,11,14,17H,3,5,8-10,12-13H2,1-2H3. The van der Waals surface area contributed by atoms with Crippen LogP contribution in [0.3, 0.4) is 0 Å². The lowest BCUT2D eigenvalue weighted by atomic mass is 9.62. The molecule has 2 aromatic rings. The van der Waals surface area contributed by atoms with Gasteiger partial charge in [0.1, 0.15) is 12.2 Å². The van der Waals surface area contributed by atoms with Crippen molar-refractivity contribution in [1.82, 2.24) is 19.7 Å². The quantitative estimate of drug-likeness (QED) is 0.858. The van der Waals surface area contributed by atoms with Crippen molar-refractivity contribution in [2.45, 2.75) is 52.0 Å². The SMILES string of the molecule is CCCn1cnnc1C1CN(C(=O)c2cccc(C)c2)CC12CCC2. The van der Waals surface area contributed by atoms with E-state index in [4.69, 9.17) is 0 Å². The monoisotopic (exact) mass is 338 g/mol. The third-order valence-corrected chi connectivity index (χ3v) is 5.97. The summed E-state index contributed by atoms with van der Waals surface area (Å²) in [7, 11) is 0. The first-order valence-corrected chi connectivity index (χ1v) is 9.36. The average Bonchev–Trinajstić information content (AvgIpc) is 3.18. The van der Waals surface area contributed by atoms with Gasteiger partial charge in [0, 0.05) is 31.1 Å². The summed E-state index contributed by atoms with van der Waals surface area (Å²) in [5, 5.41) is 8.61. The largest absolute Gasteiger partial charge is 0.337 e. The summed E-state index contributed by atoms with van der Waals surface area (Å²) >= 11 is 0. The molecule has 0 bridgehead atoms. The van der Waals surface area contributed by atoms with Gasteiger partial charge in [-0.1, -0.05) is 31.0 Å². The molecule has 5 heteroatoms. The molecule has 132 valence electrons. The molecule has 1 spiro atoms. The third kappa shape index (κ3) is 2.75. The molecular weight excluding hydrogens is 312 g/mol. The first-order chi connectivity index (χ1) is 12.1. The van der Waals surface area contributed by atoms with E-state index in [2.05, 4.69) is 21.7 Å². The highest BCUT2D eigenvalue weighted by Crippen LogP contribution is 2.55. The van der Waals surface area contributed by atoms with Gasteiger partial charge in [0.2, 0.25) is 0 Å². The van der Waals surface area contributed by atoms with Crippen LogP contribution in [0.4, 0.5) is 0 Å². The van der Waals surface area contributed by atoms with Crippen LogP contribution in [-0.2, 0) is 6.54 Å². The lowest BCUT2D eigenvalue weighted by Gasteiger charge is -2.42. The number of likely N-dealkylation sites (tertiary alicyclic amines) is 1. The molecule has 0 N–H and O–H groups in total. The summed E-state index contributed by atoms with van der Waals surface area (Å²) < 4.78 is 2.19. The van der Waals surface area contributed by atoms with E-state index in [1.54, 1.807) is 0 Å². The lowest BCUT2D eigenvalue weighted by molar-refractivity contribution is 0.0723. The van der Waals surface area contributed by atoms with Crippen LogP contribution in [0.15, 0.2) is 30.6 Å². The van der Waals surface area contributed by atoms with Crippen LogP contribution in [0.1, 0.15) is 60.3 Å². The summed E-state index contributed by atoms with van der Waals surface area (Å²) in [5.41, 5.74) is 2.13. The summed E-state index contributed by atoms with van der Waals surface area (Å²) in [6.07, 6.45) is 6.54. The molecule has 1 atom stereocenters. The minimum absolute atomic E-state index is 0.152. The molecule has 1 aliphatic carbocycles. The number of aryl methyl sites for hydroxylation is 2. The van der Waals surface area contributed by atoms with Crippen molar-refractivity contribution in [2.24, 2.45) is 5.41 Å². The van der Waals surface area contributed by atoms with Crippen LogP contribution in [0.25, 0.3) is 0 Å². The number of amides is 1. The molecule has 1 aromatic heterocycles. The Morgan fingerprint density at radius 3 is 2.88 bits per heavy atom. The number of benzene rings is 1. The molecule has 4 rings (SSSR count). The van der Waals surface area contributed by atoms with Gasteiger partial charge >= 0.3 is 0 Å². The van der Waals surface area contributed by atoms with E-state index >= 15 is 0 Å². The maximum atomic E-state index is 13.0. The number of carbonyl (C=O) groups is 1. The Morgan fingerprint density at radius 2 is 2.20 bits per heavy atom. The molecule has 1 aromatic carbocycles. The van der Waals surface area contributed by atoms with E-state index < -0.39 is 0 Å². The summed E-state index contributed by atoms with van der Waals surface area (Å²) in [5.74, 6) is 1.53. The average molecular weight is 338 g/mol. The predicted molar refractivity (Wildman–Crippen MR) is 96.4 cm³/mol. The highest BCUT2D eigenvalue weighted by molar-refractivity contribution is 5.94. The number of hydrogen-bond donors (Lipinski definition) is 0. The number of rotatable bonds is 4. The molecule has 1 saturated heterocycles. The zero-order chi connectivity index (χ0) is 17.4. The van der Waals surface area contributed by atoms with Gasteiger partial charge in [-0.05, 0) is 43.7 Å². The zero-order valence-electron chi connectivity index (χ0n) is 15.1. The molecule has 2 fully saturated rings.